The fraction of sp³-hybridized carbons (Fsp3) is 0.212. The SMILES string of the molecule is CC(C)[C@H](NC(=O)c1ccccc1)C(=O)OCC(=O)N1N=C(c2ccc3ccccc3c2)C[C@@H]1c1ccccc1. The minimum Gasteiger partial charge on any atom is -0.454 e. The van der Waals surface area contributed by atoms with Crippen LogP contribution in [0.25, 0.3) is 10.8 Å². The Morgan fingerprint density at radius 3 is 2.23 bits per heavy atom. The van der Waals surface area contributed by atoms with Crippen LogP contribution in [-0.4, -0.2) is 41.2 Å². The molecule has 2 atom stereocenters. The molecule has 4 aromatic carbocycles. The molecule has 0 saturated carbocycles. The molecule has 1 aliphatic heterocycles. The molecule has 0 radical (unpaired) electrons. The molecule has 0 unspecified atom stereocenters. The molecule has 1 N–H and O–H groups in total. The number of hydrogen-bond donors (Lipinski definition) is 1. The summed E-state index contributed by atoms with van der Waals surface area (Å²) < 4.78 is 5.45. The molecule has 7 heteroatoms. The quantitative estimate of drug-likeness (QED) is 0.302. The minimum absolute atomic E-state index is 0.239. The summed E-state index contributed by atoms with van der Waals surface area (Å²) >= 11 is 0. The Morgan fingerprint density at radius 2 is 1.52 bits per heavy atom. The molecule has 7 nitrogen and oxygen atoms in total. The van der Waals surface area contributed by atoms with Crippen molar-refractivity contribution in [3.05, 3.63) is 120 Å². The van der Waals surface area contributed by atoms with Crippen molar-refractivity contribution in [3.63, 3.8) is 0 Å². The van der Waals surface area contributed by atoms with Crippen LogP contribution in [0, 0.1) is 5.92 Å². The van der Waals surface area contributed by atoms with Crippen LogP contribution in [0.1, 0.15) is 47.8 Å². The monoisotopic (exact) mass is 533 g/mol. The van der Waals surface area contributed by atoms with E-state index < -0.39 is 24.5 Å². The van der Waals surface area contributed by atoms with E-state index in [2.05, 4.69) is 17.4 Å². The van der Waals surface area contributed by atoms with Gasteiger partial charge in [-0.3, -0.25) is 9.59 Å². The number of esters is 1. The molecular weight excluding hydrogens is 502 g/mol. The lowest BCUT2D eigenvalue weighted by atomic mass is 9.97. The average molecular weight is 534 g/mol. The molecule has 4 aromatic rings. The number of carbonyl (C=O) groups excluding carboxylic acids is 3. The summed E-state index contributed by atoms with van der Waals surface area (Å²) in [5, 5.41) is 11.1. The van der Waals surface area contributed by atoms with Gasteiger partial charge in [0, 0.05) is 12.0 Å². The standard InChI is InChI=1S/C33H31N3O4/c1-22(2)31(34-32(38)25-14-7-4-8-15-25)33(39)40-21-30(37)36-29(24-12-5-3-6-13-24)20-28(35-36)27-18-17-23-11-9-10-16-26(23)19-27/h3-19,22,29,31H,20-21H2,1-2H3,(H,34,38)/t29-,31+/m1/s1. The smallest absolute Gasteiger partial charge is 0.329 e. The van der Waals surface area contributed by atoms with Gasteiger partial charge in [0.25, 0.3) is 11.8 Å². The summed E-state index contributed by atoms with van der Waals surface area (Å²) in [4.78, 5) is 39.1. The van der Waals surface area contributed by atoms with E-state index in [1.165, 1.54) is 5.01 Å². The first-order chi connectivity index (χ1) is 19.4. The largest absolute Gasteiger partial charge is 0.454 e. The minimum atomic E-state index is -0.902. The third-order valence-electron chi connectivity index (χ3n) is 7.01. The average Bonchev–Trinajstić information content (AvgIpc) is 3.44. The molecule has 0 aliphatic carbocycles. The number of benzene rings is 4. The van der Waals surface area contributed by atoms with Crippen molar-refractivity contribution in [2.45, 2.75) is 32.4 Å². The summed E-state index contributed by atoms with van der Waals surface area (Å²) in [6.07, 6.45) is 0.532. The highest BCUT2D eigenvalue weighted by molar-refractivity contribution is 6.05. The maximum atomic E-state index is 13.4. The van der Waals surface area contributed by atoms with Crippen LogP contribution < -0.4 is 5.32 Å². The zero-order valence-electron chi connectivity index (χ0n) is 22.5. The van der Waals surface area contributed by atoms with E-state index in [4.69, 9.17) is 9.84 Å². The van der Waals surface area contributed by atoms with Crippen molar-refractivity contribution in [1.29, 1.82) is 0 Å². The number of ether oxygens (including phenoxy) is 1. The van der Waals surface area contributed by atoms with Crippen LogP contribution in [0.5, 0.6) is 0 Å². The Balaban J connectivity index is 1.32. The van der Waals surface area contributed by atoms with Gasteiger partial charge in [0.15, 0.2) is 6.61 Å². The maximum absolute atomic E-state index is 13.4. The Labute approximate surface area is 233 Å². The van der Waals surface area contributed by atoms with Crippen molar-refractivity contribution in [1.82, 2.24) is 10.3 Å². The molecule has 40 heavy (non-hydrogen) atoms. The second-order valence-corrected chi connectivity index (χ2v) is 10.1. The molecule has 1 aliphatic rings. The Hall–Kier alpha value is -4.78. The van der Waals surface area contributed by atoms with Crippen LogP contribution >= 0.6 is 0 Å². The first-order valence-electron chi connectivity index (χ1n) is 13.4. The fourth-order valence-corrected chi connectivity index (χ4v) is 4.82. The van der Waals surface area contributed by atoms with Gasteiger partial charge in [0.2, 0.25) is 0 Å². The summed E-state index contributed by atoms with van der Waals surface area (Å²) in [5.41, 5.74) is 3.11. The van der Waals surface area contributed by atoms with Gasteiger partial charge >= 0.3 is 5.97 Å². The van der Waals surface area contributed by atoms with E-state index in [0.29, 0.717) is 12.0 Å². The molecule has 1 heterocycles. The highest BCUT2D eigenvalue weighted by atomic mass is 16.5. The lowest BCUT2D eigenvalue weighted by Crippen LogP contribution is -2.46. The second-order valence-electron chi connectivity index (χ2n) is 10.1. The van der Waals surface area contributed by atoms with Crippen molar-refractivity contribution in [2.24, 2.45) is 11.0 Å². The fourth-order valence-electron chi connectivity index (χ4n) is 4.82. The number of hydrogen-bond acceptors (Lipinski definition) is 5. The Bertz CT molecular complexity index is 1550. The lowest BCUT2D eigenvalue weighted by Gasteiger charge is -2.24. The van der Waals surface area contributed by atoms with Gasteiger partial charge in [-0.15, -0.1) is 0 Å². The van der Waals surface area contributed by atoms with Crippen LogP contribution in [0.15, 0.2) is 108 Å². The molecule has 0 saturated heterocycles. The molecule has 0 bridgehead atoms. The van der Waals surface area contributed by atoms with Gasteiger partial charge in [0.05, 0.1) is 11.8 Å². The molecule has 202 valence electrons. The predicted octanol–water partition coefficient (Wildman–Crippen LogP) is 5.52. The highest BCUT2D eigenvalue weighted by Crippen LogP contribution is 2.33. The van der Waals surface area contributed by atoms with Crippen LogP contribution in [-0.2, 0) is 14.3 Å². The van der Waals surface area contributed by atoms with E-state index in [1.807, 2.05) is 80.6 Å². The second kappa shape index (κ2) is 11.9. The molecule has 5 rings (SSSR count). The summed E-state index contributed by atoms with van der Waals surface area (Å²) in [6.45, 7) is 3.14. The molecule has 0 aromatic heterocycles. The number of fused-ring (bicyclic) bond motifs is 1. The van der Waals surface area contributed by atoms with Crippen LogP contribution in [0.2, 0.25) is 0 Å². The number of carbonyl (C=O) groups is 3. The predicted molar refractivity (Wildman–Crippen MR) is 155 cm³/mol. The molecular formula is C33H31N3O4. The van der Waals surface area contributed by atoms with Crippen molar-refractivity contribution in [2.75, 3.05) is 6.61 Å². The number of amides is 2. The lowest BCUT2D eigenvalue weighted by molar-refractivity contribution is -0.155. The number of nitrogens with zero attached hydrogens (tertiary/aromatic N) is 2. The molecule has 0 fully saturated rings. The summed E-state index contributed by atoms with van der Waals surface area (Å²) in [7, 11) is 0. The van der Waals surface area contributed by atoms with Gasteiger partial charge in [-0.25, -0.2) is 9.80 Å². The van der Waals surface area contributed by atoms with E-state index in [-0.39, 0.29) is 17.9 Å². The zero-order chi connectivity index (χ0) is 28.1. The normalized spacial score (nSPS) is 15.5. The number of rotatable bonds is 8. The van der Waals surface area contributed by atoms with E-state index in [0.717, 1.165) is 27.6 Å². The van der Waals surface area contributed by atoms with E-state index in [1.54, 1.807) is 24.3 Å². The Morgan fingerprint density at radius 1 is 0.875 bits per heavy atom. The third kappa shape index (κ3) is 5.94. The van der Waals surface area contributed by atoms with Crippen molar-refractivity contribution >= 4 is 34.3 Å². The Kier molecular flexibility index (Phi) is 8.01. The summed E-state index contributed by atoms with van der Waals surface area (Å²) in [6, 6.07) is 31.4. The van der Waals surface area contributed by atoms with Gasteiger partial charge in [0.1, 0.15) is 6.04 Å². The topological polar surface area (TPSA) is 88.1 Å². The zero-order valence-corrected chi connectivity index (χ0v) is 22.5. The van der Waals surface area contributed by atoms with Crippen LogP contribution in [0.3, 0.4) is 0 Å². The van der Waals surface area contributed by atoms with Crippen LogP contribution in [0.4, 0.5) is 0 Å². The maximum Gasteiger partial charge on any atom is 0.329 e. The van der Waals surface area contributed by atoms with Gasteiger partial charge in [-0.1, -0.05) is 98.8 Å². The van der Waals surface area contributed by atoms with Gasteiger partial charge in [-0.2, -0.15) is 5.10 Å². The highest BCUT2D eigenvalue weighted by Gasteiger charge is 2.34. The first kappa shape index (κ1) is 26.8. The van der Waals surface area contributed by atoms with Gasteiger partial charge < -0.3 is 10.1 Å². The van der Waals surface area contributed by atoms with E-state index >= 15 is 0 Å². The van der Waals surface area contributed by atoms with Crippen molar-refractivity contribution < 1.29 is 19.1 Å². The summed E-state index contributed by atoms with van der Waals surface area (Å²) in [5.74, 6) is -1.72. The molecule has 0 spiro atoms. The number of hydrazone groups is 1. The van der Waals surface area contributed by atoms with Crippen molar-refractivity contribution in [3.8, 4) is 0 Å². The first-order valence-corrected chi connectivity index (χ1v) is 13.4. The number of nitrogens with one attached hydrogen (secondary N) is 1. The van der Waals surface area contributed by atoms with Gasteiger partial charge in [-0.05, 0) is 46.0 Å². The molecule has 2 amide bonds. The third-order valence-corrected chi connectivity index (χ3v) is 7.01. The van der Waals surface area contributed by atoms with E-state index in [9.17, 15) is 14.4 Å².